The number of fused-ring (bicyclic) bond motifs is 3. The predicted octanol–water partition coefficient (Wildman–Crippen LogP) is 2.94. The zero-order valence-electron chi connectivity index (χ0n) is 17.9. The molecule has 2 N–H and O–H groups in total. The molecule has 9 nitrogen and oxygen atoms in total. The molecule has 1 aliphatic rings. The normalized spacial score (nSPS) is 15.4. The van der Waals surface area contributed by atoms with Crippen LogP contribution in [0.15, 0.2) is 48.7 Å². The standard InChI is InChI=1S/C22H24N6O3S/c1-31-19-5-3-4-18-20(19)17-14-23-26-21(17)22(25-18)24-15-6-8-16(9-7-15)27-10-12-28(13-11-27)32(2,29)30/h3-9,14H,10-13H2,1-2H3,(H,23,26)(H,24,25). The molecule has 0 unspecified atom stereocenters. The smallest absolute Gasteiger partial charge is 0.211 e. The van der Waals surface area contributed by atoms with Gasteiger partial charge in [-0.25, -0.2) is 13.4 Å². The first-order valence-electron chi connectivity index (χ1n) is 10.3. The third kappa shape index (κ3) is 3.71. The third-order valence-corrected chi connectivity index (χ3v) is 7.11. The lowest BCUT2D eigenvalue weighted by molar-refractivity contribution is 0.388. The first-order valence-corrected chi connectivity index (χ1v) is 12.2. The second kappa shape index (κ2) is 7.95. The van der Waals surface area contributed by atoms with Crippen LogP contribution in [-0.2, 0) is 10.0 Å². The van der Waals surface area contributed by atoms with Crippen LogP contribution in [0.4, 0.5) is 17.2 Å². The van der Waals surface area contributed by atoms with Crippen LogP contribution in [0, 0.1) is 0 Å². The van der Waals surface area contributed by atoms with Gasteiger partial charge in [-0.1, -0.05) is 6.07 Å². The summed E-state index contributed by atoms with van der Waals surface area (Å²) < 4.78 is 30.5. The van der Waals surface area contributed by atoms with Crippen LogP contribution in [0.25, 0.3) is 21.8 Å². The van der Waals surface area contributed by atoms with E-state index in [1.165, 1.54) is 10.6 Å². The topological polar surface area (TPSA) is 103 Å². The number of hydrogen-bond acceptors (Lipinski definition) is 7. The number of aromatic amines is 1. The van der Waals surface area contributed by atoms with Crippen LogP contribution in [0.1, 0.15) is 0 Å². The van der Waals surface area contributed by atoms with Crippen LogP contribution in [0.5, 0.6) is 5.75 Å². The van der Waals surface area contributed by atoms with Crippen LogP contribution < -0.4 is 15.0 Å². The molecule has 5 rings (SSSR count). The highest BCUT2D eigenvalue weighted by Crippen LogP contribution is 2.35. The quantitative estimate of drug-likeness (QED) is 0.480. The van der Waals surface area contributed by atoms with Gasteiger partial charge in [-0.2, -0.15) is 9.40 Å². The van der Waals surface area contributed by atoms with Gasteiger partial charge in [0.1, 0.15) is 11.3 Å². The van der Waals surface area contributed by atoms with E-state index in [1.807, 2.05) is 42.5 Å². The average Bonchev–Trinajstić information content (AvgIpc) is 3.29. The van der Waals surface area contributed by atoms with Gasteiger partial charge < -0.3 is 15.0 Å². The Hall–Kier alpha value is -3.37. The number of piperazine rings is 1. The molecule has 0 aliphatic carbocycles. The van der Waals surface area contributed by atoms with Crippen molar-refractivity contribution in [2.45, 2.75) is 0 Å². The maximum atomic E-state index is 11.7. The summed E-state index contributed by atoms with van der Waals surface area (Å²) in [7, 11) is -1.48. The molecule has 0 radical (unpaired) electrons. The number of rotatable bonds is 5. The first kappa shape index (κ1) is 20.5. The van der Waals surface area contributed by atoms with Gasteiger partial charge >= 0.3 is 0 Å². The largest absolute Gasteiger partial charge is 0.496 e. The van der Waals surface area contributed by atoms with Gasteiger partial charge in [0.15, 0.2) is 5.82 Å². The van der Waals surface area contributed by atoms with Crippen molar-refractivity contribution >= 4 is 49.0 Å². The maximum absolute atomic E-state index is 11.7. The highest BCUT2D eigenvalue weighted by Gasteiger charge is 2.23. The Morgan fingerprint density at radius 3 is 2.50 bits per heavy atom. The van der Waals surface area contributed by atoms with E-state index < -0.39 is 10.0 Å². The van der Waals surface area contributed by atoms with E-state index in [4.69, 9.17) is 9.72 Å². The second-order valence-electron chi connectivity index (χ2n) is 7.79. The van der Waals surface area contributed by atoms with Gasteiger partial charge in [-0.05, 0) is 36.4 Å². The molecule has 1 aliphatic heterocycles. The van der Waals surface area contributed by atoms with Gasteiger partial charge in [0.05, 0.1) is 30.5 Å². The van der Waals surface area contributed by atoms with E-state index >= 15 is 0 Å². The fourth-order valence-electron chi connectivity index (χ4n) is 4.15. The maximum Gasteiger partial charge on any atom is 0.211 e. The number of sulfonamides is 1. The van der Waals surface area contributed by atoms with Crippen molar-refractivity contribution in [1.82, 2.24) is 19.5 Å². The molecule has 0 atom stereocenters. The minimum absolute atomic E-state index is 0.501. The Kier molecular flexibility index (Phi) is 5.10. The molecule has 0 amide bonds. The number of hydrogen-bond donors (Lipinski definition) is 2. The van der Waals surface area contributed by atoms with E-state index in [-0.39, 0.29) is 0 Å². The van der Waals surface area contributed by atoms with E-state index in [0.29, 0.717) is 32.0 Å². The lowest BCUT2D eigenvalue weighted by Gasteiger charge is -2.34. The van der Waals surface area contributed by atoms with Gasteiger partial charge in [0.25, 0.3) is 0 Å². The van der Waals surface area contributed by atoms with Gasteiger partial charge in [-0.3, -0.25) is 5.10 Å². The summed E-state index contributed by atoms with van der Waals surface area (Å²) in [5.74, 6) is 1.45. The Morgan fingerprint density at radius 2 is 1.81 bits per heavy atom. The van der Waals surface area contributed by atoms with E-state index in [9.17, 15) is 8.42 Å². The number of H-pyrrole nitrogens is 1. The van der Waals surface area contributed by atoms with Gasteiger partial charge in [0, 0.05) is 42.9 Å². The number of nitrogens with zero attached hydrogens (tertiary/aromatic N) is 4. The summed E-state index contributed by atoms with van der Waals surface area (Å²) in [5, 5.41) is 12.5. The molecule has 0 bridgehead atoms. The third-order valence-electron chi connectivity index (χ3n) is 5.80. The van der Waals surface area contributed by atoms with Crippen molar-refractivity contribution in [2.24, 2.45) is 0 Å². The molecule has 10 heteroatoms. The van der Waals surface area contributed by atoms with Crippen molar-refractivity contribution in [3.63, 3.8) is 0 Å². The van der Waals surface area contributed by atoms with Crippen molar-refractivity contribution < 1.29 is 13.2 Å². The minimum atomic E-state index is -3.13. The van der Waals surface area contributed by atoms with Crippen molar-refractivity contribution in [2.75, 3.05) is 49.8 Å². The summed E-state index contributed by atoms with van der Waals surface area (Å²) in [4.78, 5) is 6.98. The lowest BCUT2D eigenvalue weighted by atomic mass is 10.1. The number of aromatic nitrogens is 3. The monoisotopic (exact) mass is 452 g/mol. The molecular weight excluding hydrogens is 428 g/mol. The molecule has 0 saturated carbocycles. The van der Waals surface area contributed by atoms with E-state index in [2.05, 4.69) is 20.4 Å². The molecule has 0 spiro atoms. The van der Waals surface area contributed by atoms with Crippen LogP contribution in [0.2, 0.25) is 0 Å². The molecule has 166 valence electrons. The van der Waals surface area contributed by atoms with Crippen LogP contribution >= 0.6 is 0 Å². The zero-order valence-corrected chi connectivity index (χ0v) is 18.7. The fourth-order valence-corrected chi connectivity index (χ4v) is 4.97. The summed E-state index contributed by atoms with van der Waals surface area (Å²) in [6, 6.07) is 13.9. The summed E-state index contributed by atoms with van der Waals surface area (Å²) in [6.07, 6.45) is 3.04. The zero-order chi connectivity index (χ0) is 22.3. The van der Waals surface area contributed by atoms with Crippen molar-refractivity contribution in [1.29, 1.82) is 0 Å². The predicted molar refractivity (Wildman–Crippen MR) is 126 cm³/mol. The van der Waals surface area contributed by atoms with Gasteiger partial charge in [0.2, 0.25) is 10.0 Å². The molecule has 2 aromatic heterocycles. The molecule has 2 aromatic carbocycles. The minimum Gasteiger partial charge on any atom is -0.496 e. The first-order chi connectivity index (χ1) is 15.4. The van der Waals surface area contributed by atoms with Crippen LogP contribution in [0.3, 0.4) is 0 Å². The molecule has 1 saturated heterocycles. The summed E-state index contributed by atoms with van der Waals surface area (Å²) in [5.41, 5.74) is 3.59. The molecular formula is C22H24N6O3S. The highest BCUT2D eigenvalue weighted by molar-refractivity contribution is 7.88. The molecule has 1 fully saturated rings. The van der Waals surface area contributed by atoms with Crippen molar-refractivity contribution in [3.8, 4) is 5.75 Å². The number of benzene rings is 2. The molecule has 3 heterocycles. The number of ether oxygens (including phenoxy) is 1. The number of anilines is 3. The van der Waals surface area contributed by atoms with E-state index in [1.54, 1.807) is 13.3 Å². The lowest BCUT2D eigenvalue weighted by Crippen LogP contribution is -2.48. The number of methoxy groups -OCH3 is 1. The highest BCUT2D eigenvalue weighted by atomic mass is 32.2. The Labute approximate surface area is 186 Å². The Balaban J connectivity index is 1.39. The SMILES string of the molecule is COc1cccc2nc(Nc3ccc(N4CCN(S(C)(=O)=O)CC4)cc3)c3[nH]ncc3c12. The fraction of sp³-hybridized carbons (Fsp3) is 0.273. The molecule has 4 aromatic rings. The van der Waals surface area contributed by atoms with E-state index in [0.717, 1.165) is 38.9 Å². The summed E-state index contributed by atoms with van der Waals surface area (Å²) in [6.45, 7) is 2.34. The Bertz CT molecular complexity index is 1380. The Morgan fingerprint density at radius 1 is 1.06 bits per heavy atom. The van der Waals surface area contributed by atoms with Crippen molar-refractivity contribution in [3.05, 3.63) is 48.7 Å². The molecule has 32 heavy (non-hydrogen) atoms. The van der Waals surface area contributed by atoms with Gasteiger partial charge in [-0.15, -0.1) is 0 Å². The number of pyridine rings is 1. The van der Waals surface area contributed by atoms with Crippen LogP contribution in [-0.4, -0.2) is 67.4 Å². The number of nitrogens with one attached hydrogen (secondary N) is 2. The average molecular weight is 453 g/mol. The second-order valence-corrected chi connectivity index (χ2v) is 9.78. The summed E-state index contributed by atoms with van der Waals surface area (Å²) >= 11 is 0.